The molecule has 0 saturated carbocycles. The van der Waals surface area contributed by atoms with Gasteiger partial charge in [0.05, 0.1) is 0 Å². The van der Waals surface area contributed by atoms with Crippen LogP contribution in [0, 0.1) is 11.8 Å². The standard InChI is InChI=1S/C10H14O/c1-4-6-10(11)8-5-7-9(2)3/h4,10-11H,1-2,6-7H2,3H3. The van der Waals surface area contributed by atoms with Crippen LogP contribution in [0.2, 0.25) is 0 Å². The first kappa shape index (κ1) is 10.0. The fraction of sp³-hybridized carbons (Fsp3) is 0.400. The lowest BCUT2D eigenvalue weighted by molar-refractivity contribution is 0.236. The summed E-state index contributed by atoms with van der Waals surface area (Å²) < 4.78 is 0. The Hall–Kier alpha value is -1.00. The van der Waals surface area contributed by atoms with Crippen molar-refractivity contribution < 1.29 is 5.11 Å². The van der Waals surface area contributed by atoms with Crippen LogP contribution in [0.1, 0.15) is 19.8 Å². The van der Waals surface area contributed by atoms with E-state index in [-0.39, 0.29) is 0 Å². The summed E-state index contributed by atoms with van der Waals surface area (Å²) in [4.78, 5) is 0. The van der Waals surface area contributed by atoms with Gasteiger partial charge in [0.1, 0.15) is 6.10 Å². The van der Waals surface area contributed by atoms with Crippen LogP contribution in [0.5, 0.6) is 0 Å². The van der Waals surface area contributed by atoms with Crippen LogP contribution in [0.15, 0.2) is 24.8 Å². The van der Waals surface area contributed by atoms with Crippen molar-refractivity contribution in [1.29, 1.82) is 0 Å². The van der Waals surface area contributed by atoms with Crippen LogP contribution in [-0.2, 0) is 0 Å². The molecule has 0 heterocycles. The molecule has 0 spiro atoms. The fourth-order valence-corrected chi connectivity index (χ4v) is 0.537. The van der Waals surface area contributed by atoms with Crippen molar-refractivity contribution in [1.82, 2.24) is 0 Å². The molecule has 0 aromatic rings. The van der Waals surface area contributed by atoms with Crippen molar-refractivity contribution in [3.63, 3.8) is 0 Å². The normalized spacial score (nSPS) is 11.1. The van der Waals surface area contributed by atoms with E-state index in [2.05, 4.69) is 25.0 Å². The highest BCUT2D eigenvalue weighted by Crippen LogP contribution is 1.93. The molecule has 0 aromatic carbocycles. The van der Waals surface area contributed by atoms with Gasteiger partial charge in [0.15, 0.2) is 0 Å². The summed E-state index contributed by atoms with van der Waals surface area (Å²) in [5, 5.41) is 9.09. The zero-order chi connectivity index (χ0) is 8.69. The largest absolute Gasteiger partial charge is 0.380 e. The SMILES string of the molecule is C=CCC(O)C#CCC(=C)C. The van der Waals surface area contributed by atoms with Gasteiger partial charge in [-0.2, -0.15) is 0 Å². The van der Waals surface area contributed by atoms with Gasteiger partial charge in [-0.3, -0.25) is 0 Å². The number of rotatable bonds is 3. The Morgan fingerprint density at radius 2 is 2.36 bits per heavy atom. The van der Waals surface area contributed by atoms with Gasteiger partial charge >= 0.3 is 0 Å². The zero-order valence-electron chi connectivity index (χ0n) is 6.93. The third-order valence-corrected chi connectivity index (χ3v) is 1.05. The van der Waals surface area contributed by atoms with Gasteiger partial charge in [0.25, 0.3) is 0 Å². The molecular weight excluding hydrogens is 136 g/mol. The topological polar surface area (TPSA) is 20.2 Å². The van der Waals surface area contributed by atoms with Gasteiger partial charge in [0.2, 0.25) is 0 Å². The highest BCUT2D eigenvalue weighted by atomic mass is 16.3. The van der Waals surface area contributed by atoms with E-state index in [9.17, 15) is 0 Å². The molecule has 11 heavy (non-hydrogen) atoms. The summed E-state index contributed by atoms with van der Waals surface area (Å²) in [7, 11) is 0. The molecule has 0 fully saturated rings. The van der Waals surface area contributed by atoms with Crippen molar-refractivity contribution in [2.75, 3.05) is 0 Å². The van der Waals surface area contributed by atoms with E-state index in [4.69, 9.17) is 5.11 Å². The quantitative estimate of drug-likeness (QED) is 0.481. The third-order valence-electron chi connectivity index (χ3n) is 1.05. The molecule has 0 rings (SSSR count). The van der Waals surface area contributed by atoms with E-state index < -0.39 is 6.10 Å². The summed E-state index contributed by atoms with van der Waals surface area (Å²) >= 11 is 0. The second kappa shape index (κ2) is 5.76. The molecule has 0 aliphatic rings. The van der Waals surface area contributed by atoms with Crippen molar-refractivity contribution in [3.8, 4) is 11.8 Å². The number of hydrogen-bond donors (Lipinski definition) is 1. The molecule has 0 aliphatic heterocycles. The van der Waals surface area contributed by atoms with Gasteiger partial charge in [-0.05, 0) is 6.92 Å². The Kier molecular flexibility index (Phi) is 5.24. The van der Waals surface area contributed by atoms with Crippen LogP contribution in [0.3, 0.4) is 0 Å². The van der Waals surface area contributed by atoms with E-state index in [1.54, 1.807) is 6.08 Å². The molecule has 0 aromatic heterocycles. The van der Waals surface area contributed by atoms with E-state index in [1.165, 1.54) is 0 Å². The van der Waals surface area contributed by atoms with Crippen molar-refractivity contribution in [2.24, 2.45) is 0 Å². The summed E-state index contributed by atoms with van der Waals surface area (Å²) in [6.07, 6.45) is 2.28. The van der Waals surface area contributed by atoms with Crippen LogP contribution in [0.25, 0.3) is 0 Å². The van der Waals surface area contributed by atoms with Gasteiger partial charge in [0, 0.05) is 12.8 Å². The average molecular weight is 150 g/mol. The molecule has 0 aliphatic carbocycles. The van der Waals surface area contributed by atoms with E-state index >= 15 is 0 Å². The molecule has 0 saturated heterocycles. The number of aliphatic hydroxyl groups is 1. The first-order valence-corrected chi connectivity index (χ1v) is 3.58. The smallest absolute Gasteiger partial charge is 0.118 e. The second-order valence-corrected chi connectivity index (χ2v) is 2.50. The lowest BCUT2D eigenvalue weighted by Gasteiger charge is -1.94. The van der Waals surface area contributed by atoms with E-state index in [1.807, 2.05) is 6.92 Å². The van der Waals surface area contributed by atoms with Crippen LogP contribution >= 0.6 is 0 Å². The van der Waals surface area contributed by atoms with Crippen LogP contribution in [-0.4, -0.2) is 11.2 Å². The predicted octanol–water partition coefficient (Wildman–Crippen LogP) is 1.89. The van der Waals surface area contributed by atoms with Gasteiger partial charge in [-0.15, -0.1) is 6.58 Å². The molecule has 0 amide bonds. The lowest BCUT2D eigenvalue weighted by Crippen LogP contribution is -1.99. The molecule has 0 radical (unpaired) electrons. The first-order valence-electron chi connectivity index (χ1n) is 3.58. The minimum atomic E-state index is -0.563. The molecule has 1 heteroatoms. The average Bonchev–Trinajstić information content (AvgIpc) is 1.87. The van der Waals surface area contributed by atoms with Gasteiger partial charge in [-0.25, -0.2) is 0 Å². The number of hydrogen-bond acceptors (Lipinski definition) is 1. The predicted molar refractivity (Wildman–Crippen MR) is 48.0 cm³/mol. The van der Waals surface area contributed by atoms with E-state index in [0.29, 0.717) is 12.8 Å². The highest BCUT2D eigenvalue weighted by molar-refractivity contribution is 5.12. The van der Waals surface area contributed by atoms with Crippen LogP contribution in [0.4, 0.5) is 0 Å². The summed E-state index contributed by atoms with van der Waals surface area (Å²) in [6.45, 7) is 9.10. The number of aliphatic hydroxyl groups excluding tert-OH is 1. The molecule has 1 nitrogen and oxygen atoms in total. The Morgan fingerprint density at radius 3 is 2.82 bits per heavy atom. The first-order chi connectivity index (χ1) is 5.16. The Bertz CT molecular complexity index is 193. The molecule has 60 valence electrons. The van der Waals surface area contributed by atoms with Gasteiger partial charge < -0.3 is 5.11 Å². The van der Waals surface area contributed by atoms with Gasteiger partial charge in [-0.1, -0.05) is 30.1 Å². The lowest BCUT2D eigenvalue weighted by atomic mass is 10.2. The maximum Gasteiger partial charge on any atom is 0.118 e. The maximum atomic E-state index is 9.09. The third kappa shape index (κ3) is 6.89. The molecule has 1 N–H and O–H groups in total. The summed E-state index contributed by atoms with van der Waals surface area (Å²) in [6, 6.07) is 0. The molecule has 0 bridgehead atoms. The second-order valence-electron chi connectivity index (χ2n) is 2.50. The molecule has 1 atom stereocenters. The summed E-state index contributed by atoms with van der Waals surface area (Å²) in [5.41, 5.74) is 1.02. The minimum Gasteiger partial charge on any atom is -0.380 e. The molecular formula is C10H14O. The number of allylic oxidation sites excluding steroid dienone is 1. The Balaban J connectivity index is 3.67. The van der Waals surface area contributed by atoms with Crippen molar-refractivity contribution >= 4 is 0 Å². The fourth-order valence-electron chi connectivity index (χ4n) is 0.537. The van der Waals surface area contributed by atoms with E-state index in [0.717, 1.165) is 5.57 Å². The molecule has 1 unspecified atom stereocenters. The maximum absolute atomic E-state index is 9.09. The Labute approximate surface area is 68.4 Å². The highest BCUT2D eigenvalue weighted by Gasteiger charge is 1.91. The Morgan fingerprint density at radius 1 is 1.73 bits per heavy atom. The van der Waals surface area contributed by atoms with Crippen molar-refractivity contribution in [2.45, 2.75) is 25.9 Å². The van der Waals surface area contributed by atoms with Crippen molar-refractivity contribution in [3.05, 3.63) is 24.8 Å². The monoisotopic (exact) mass is 150 g/mol. The van der Waals surface area contributed by atoms with Crippen LogP contribution < -0.4 is 0 Å². The zero-order valence-corrected chi connectivity index (χ0v) is 6.93. The minimum absolute atomic E-state index is 0.531. The summed E-state index contributed by atoms with van der Waals surface area (Å²) in [5.74, 6) is 5.51.